The number of benzene rings is 1. The molecule has 0 bridgehead atoms. The molecule has 0 aliphatic carbocycles. The van der Waals surface area contributed by atoms with Crippen molar-refractivity contribution in [1.82, 2.24) is 14.5 Å². The van der Waals surface area contributed by atoms with E-state index in [1.807, 2.05) is 0 Å². The maximum absolute atomic E-state index is 14.3. The molecule has 1 N–H and O–H groups in total. The number of amides is 2. The van der Waals surface area contributed by atoms with Crippen molar-refractivity contribution < 1.29 is 22.4 Å². The molecule has 1 fully saturated rings. The molecule has 0 radical (unpaired) electrons. The maximum atomic E-state index is 14.3. The van der Waals surface area contributed by atoms with Crippen molar-refractivity contribution in [2.24, 2.45) is 5.92 Å². The van der Waals surface area contributed by atoms with Gasteiger partial charge in [0.2, 0.25) is 15.9 Å². The summed E-state index contributed by atoms with van der Waals surface area (Å²) >= 11 is 0. The molecule has 0 unspecified atom stereocenters. The van der Waals surface area contributed by atoms with E-state index in [4.69, 9.17) is 0 Å². The van der Waals surface area contributed by atoms with Gasteiger partial charge in [0.1, 0.15) is 5.82 Å². The standard InChI is InChI=1S/C20H30FN3O4S/c1-4-6-11-23(3)19(25)15-9-12-24(13-10-15)20(26)17-14-16(7-8-18(17)21)29(27,28)22-5-2/h7-8,14-15,22H,4-6,9-13H2,1-3H3. The van der Waals surface area contributed by atoms with Gasteiger partial charge in [-0.15, -0.1) is 0 Å². The van der Waals surface area contributed by atoms with Crippen LogP contribution in [0, 0.1) is 11.7 Å². The van der Waals surface area contributed by atoms with Crippen molar-refractivity contribution in [3.8, 4) is 0 Å². The minimum Gasteiger partial charge on any atom is -0.346 e. The average molecular weight is 428 g/mol. The van der Waals surface area contributed by atoms with Crippen LogP contribution >= 0.6 is 0 Å². The third-order valence-electron chi connectivity index (χ3n) is 5.17. The Morgan fingerprint density at radius 2 is 1.90 bits per heavy atom. The number of carbonyl (C=O) groups is 2. The Hall–Kier alpha value is -2.00. The summed E-state index contributed by atoms with van der Waals surface area (Å²) in [4.78, 5) is 28.4. The molecule has 1 saturated heterocycles. The number of nitrogens with zero attached hydrogens (tertiary/aromatic N) is 2. The molecule has 0 atom stereocenters. The Balaban J connectivity index is 2.07. The zero-order valence-electron chi connectivity index (χ0n) is 17.3. The molecule has 7 nitrogen and oxygen atoms in total. The smallest absolute Gasteiger partial charge is 0.256 e. The van der Waals surface area contributed by atoms with Gasteiger partial charge < -0.3 is 9.80 Å². The molecule has 0 spiro atoms. The lowest BCUT2D eigenvalue weighted by Gasteiger charge is -2.33. The number of hydrogen-bond donors (Lipinski definition) is 1. The van der Waals surface area contributed by atoms with E-state index >= 15 is 0 Å². The number of piperidine rings is 1. The second-order valence-corrected chi connectivity index (χ2v) is 9.09. The van der Waals surface area contributed by atoms with Crippen molar-refractivity contribution in [2.45, 2.75) is 44.4 Å². The van der Waals surface area contributed by atoms with E-state index in [-0.39, 0.29) is 28.8 Å². The van der Waals surface area contributed by atoms with Crippen LogP contribution in [0.5, 0.6) is 0 Å². The maximum Gasteiger partial charge on any atom is 0.256 e. The molecule has 1 aliphatic heterocycles. The number of hydrogen-bond acceptors (Lipinski definition) is 4. The molecular formula is C20H30FN3O4S. The van der Waals surface area contributed by atoms with Crippen LogP contribution in [0.2, 0.25) is 0 Å². The normalized spacial score (nSPS) is 15.4. The lowest BCUT2D eigenvalue weighted by atomic mass is 9.94. The summed E-state index contributed by atoms with van der Waals surface area (Å²) in [7, 11) is -2.00. The molecule has 0 aromatic heterocycles. The van der Waals surface area contributed by atoms with E-state index in [1.54, 1.807) is 18.9 Å². The van der Waals surface area contributed by atoms with Crippen LogP contribution in [0.25, 0.3) is 0 Å². The molecule has 1 aliphatic rings. The lowest BCUT2D eigenvalue weighted by Crippen LogP contribution is -2.44. The number of unbranched alkanes of at least 4 members (excludes halogenated alkanes) is 1. The number of carbonyl (C=O) groups excluding carboxylic acids is 2. The molecule has 9 heteroatoms. The second kappa shape index (κ2) is 10.2. The summed E-state index contributed by atoms with van der Waals surface area (Å²) in [5.74, 6) is -1.38. The lowest BCUT2D eigenvalue weighted by molar-refractivity contribution is -0.135. The third kappa shape index (κ3) is 5.76. The molecule has 162 valence electrons. The average Bonchev–Trinajstić information content (AvgIpc) is 2.71. The summed E-state index contributed by atoms with van der Waals surface area (Å²) in [5.41, 5.74) is -0.270. The fourth-order valence-electron chi connectivity index (χ4n) is 3.43. The Morgan fingerprint density at radius 3 is 2.48 bits per heavy atom. The molecule has 1 aromatic carbocycles. The van der Waals surface area contributed by atoms with Gasteiger partial charge in [-0.2, -0.15) is 0 Å². The number of halogens is 1. The molecule has 2 amide bonds. The van der Waals surface area contributed by atoms with E-state index in [0.29, 0.717) is 32.5 Å². The van der Waals surface area contributed by atoms with Crippen molar-refractivity contribution in [3.63, 3.8) is 0 Å². The Labute approximate surface area is 172 Å². The SMILES string of the molecule is CCCCN(C)C(=O)C1CCN(C(=O)c2cc(S(=O)(=O)NCC)ccc2F)CC1. The molecule has 0 saturated carbocycles. The first-order chi connectivity index (χ1) is 13.7. The van der Waals surface area contributed by atoms with Gasteiger partial charge in [-0.05, 0) is 37.5 Å². The van der Waals surface area contributed by atoms with Gasteiger partial charge >= 0.3 is 0 Å². The summed E-state index contributed by atoms with van der Waals surface area (Å²) in [6.45, 7) is 5.28. The van der Waals surface area contributed by atoms with Crippen molar-refractivity contribution in [1.29, 1.82) is 0 Å². The first-order valence-corrected chi connectivity index (χ1v) is 11.5. The van der Waals surface area contributed by atoms with Gasteiger partial charge in [0.15, 0.2) is 0 Å². The summed E-state index contributed by atoms with van der Waals surface area (Å²) in [6.07, 6.45) is 2.99. The summed E-state index contributed by atoms with van der Waals surface area (Å²) < 4.78 is 40.9. The molecule has 1 aromatic rings. The van der Waals surface area contributed by atoms with E-state index in [1.165, 1.54) is 4.90 Å². The largest absolute Gasteiger partial charge is 0.346 e. The van der Waals surface area contributed by atoms with E-state index in [9.17, 15) is 22.4 Å². The molecular weight excluding hydrogens is 397 g/mol. The highest BCUT2D eigenvalue weighted by atomic mass is 32.2. The monoisotopic (exact) mass is 427 g/mol. The van der Waals surface area contributed by atoms with Crippen LogP contribution in [-0.4, -0.2) is 63.3 Å². The third-order valence-corrected chi connectivity index (χ3v) is 6.71. The van der Waals surface area contributed by atoms with Gasteiger partial charge in [0.05, 0.1) is 10.5 Å². The second-order valence-electron chi connectivity index (χ2n) is 7.32. The molecule has 29 heavy (non-hydrogen) atoms. The van der Waals surface area contributed by atoms with Gasteiger partial charge in [-0.1, -0.05) is 20.3 Å². The van der Waals surface area contributed by atoms with Crippen LogP contribution in [0.15, 0.2) is 23.1 Å². The van der Waals surface area contributed by atoms with Gasteiger partial charge in [0, 0.05) is 39.1 Å². The minimum atomic E-state index is -3.79. The topological polar surface area (TPSA) is 86.8 Å². The number of sulfonamides is 1. The highest BCUT2D eigenvalue weighted by molar-refractivity contribution is 7.89. The van der Waals surface area contributed by atoms with Crippen LogP contribution in [-0.2, 0) is 14.8 Å². The van der Waals surface area contributed by atoms with Crippen LogP contribution in [0.1, 0.15) is 49.9 Å². The quantitative estimate of drug-likeness (QED) is 0.689. The Morgan fingerprint density at radius 1 is 1.24 bits per heavy atom. The van der Waals surface area contributed by atoms with Crippen LogP contribution in [0.4, 0.5) is 4.39 Å². The van der Waals surface area contributed by atoms with Crippen molar-refractivity contribution in [2.75, 3.05) is 33.2 Å². The summed E-state index contributed by atoms with van der Waals surface area (Å²) in [5, 5.41) is 0. The van der Waals surface area contributed by atoms with Crippen LogP contribution in [0.3, 0.4) is 0 Å². The fourth-order valence-corrected chi connectivity index (χ4v) is 4.49. The first-order valence-electron chi connectivity index (χ1n) is 10.0. The highest BCUT2D eigenvalue weighted by Crippen LogP contribution is 2.23. The zero-order chi connectivity index (χ0) is 21.6. The van der Waals surface area contributed by atoms with E-state index < -0.39 is 21.7 Å². The zero-order valence-corrected chi connectivity index (χ0v) is 18.1. The predicted molar refractivity (Wildman–Crippen MR) is 108 cm³/mol. The number of nitrogens with one attached hydrogen (secondary N) is 1. The van der Waals surface area contributed by atoms with Gasteiger partial charge in [0.25, 0.3) is 5.91 Å². The van der Waals surface area contributed by atoms with Gasteiger partial charge in [-0.3, -0.25) is 9.59 Å². The van der Waals surface area contributed by atoms with Crippen molar-refractivity contribution >= 4 is 21.8 Å². The van der Waals surface area contributed by atoms with E-state index in [0.717, 1.165) is 31.0 Å². The summed E-state index contributed by atoms with van der Waals surface area (Å²) in [6, 6.07) is 3.21. The fraction of sp³-hybridized carbons (Fsp3) is 0.600. The Bertz CT molecular complexity index is 836. The highest BCUT2D eigenvalue weighted by Gasteiger charge is 2.30. The Kier molecular flexibility index (Phi) is 8.15. The van der Waals surface area contributed by atoms with Crippen molar-refractivity contribution in [3.05, 3.63) is 29.6 Å². The number of rotatable bonds is 8. The molecule has 2 rings (SSSR count). The first kappa shape index (κ1) is 23.3. The number of likely N-dealkylation sites (tertiary alicyclic amines) is 1. The van der Waals surface area contributed by atoms with Gasteiger partial charge in [-0.25, -0.2) is 17.5 Å². The minimum absolute atomic E-state index is 0.0791. The van der Waals surface area contributed by atoms with E-state index in [2.05, 4.69) is 11.6 Å². The predicted octanol–water partition coefficient (Wildman–Crippen LogP) is 2.23. The van der Waals surface area contributed by atoms with Crippen LogP contribution < -0.4 is 4.72 Å². The molecule has 1 heterocycles.